The number of aromatic nitrogens is 1. The molecule has 7 atom stereocenters. The number of rotatable bonds is 12. The average molecular weight is 624 g/mol. The predicted octanol–water partition coefficient (Wildman–Crippen LogP) is 4.44. The molecule has 5 rings (SSSR count). The quantitative estimate of drug-likeness (QED) is 0.197. The molecule has 2 aliphatic rings. The van der Waals surface area contributed by atoms with Gasteiger partial charge in [0.25, 0.3) is 6.01 Å². The first-order chi connectivity index (χ1) is 21.6. The highest BCUT2D eigenvalue weighted by Crippen LogP contribution is 2.44. The lowest BCUT2D eigenvalue weighted by molar-refractivity contribution is -0.163. The summed E-state index contributed by atoms with van der Waals surface area (Å²) in [6, 6.07) is 14.0. The van der Waals surface area contributed by atoms with Gasteiger partial charge in [0.1, 0.15) is 11.6 Å². The van der Waals surface area contributed by atoms with Gasteiger partial charge in [0.2, 0.25) is 0 Å². The van der Waals surface area contributed by atoms with Crippen LogP contribution in [-0.2, 0) is 15.9 Å². The molecule has 1 saturated heterocycles. The topological polar surface area (TPSA) is 158 Å². The number of carbonyl (C=O) groups is 2. The number of ether oxygens (including phenoxy) is 2. The van der Waals surface area contributed by atoms with Crippen molar-refractivity contribution in [3.8, 4) is 0 Å². The van der Waals surface area contributed by atoms with Gasteiger partial charge < -0.3 is 45.0 Å². The van der Waals surface area contributed by atoms with Crippen molar-refractivity contribution in [1.29, 1.82) is 0 Å². The van der Waals surface area contributed by atoms with Crippen molar-refractivity contribution in [3.63, 3.8) is 0 Å². The van der Waals surface area contributed by atoms with Crippen molar-refractivity contribution < 1.29 is 33.7 Å². The minimum atomic E-state index is -1.10. The van der Waals surface area contributed by atoms with Crippen LogP contribution in [0, 0.1) is 23.7 Å². The summed E-state index contributed by atoms with van der Waals surface area (Å²) in [4.78, 5) is 32.8. The third-order valence-corrected chi connectivity index (χ3v) is 8.91. The van der Waals surface area contributed by atoms with Crippen LogP contribution < -0.4 is 16.0 Å². The average Bonchev–Trinajstić information content (AvgIpc) is 3.55. The first-order valence-corrected chi connectivity index (χ1v) is 15.7. The van der Waals surface area contributed by atoms with Gasteiger partial charge in [-0.25, -0.2) is 9.59 Å². The van der Waals surface area contributed by atoms with Gasteiger partial charge in [0.15, 0.2) is 11.9 Å². The van der Waals surface area contributed by atoms with Crippen LogP contribution in [0.4, 0.5) is 21.3 Å². The van der Waals surface area contributed by atoms with Crippen molar-refractivity contribution in [3.05, 3.63) is 54.1 Å². The van der Waals surface area contributed by atoms with Crippen LogP contribution in [0.15, 0.2) is 52.9 Å². The molecule has 2 heterocycles. The number of aliphatic hydroxyl groups is 2. The largest absolute Gasteiger partial charge is 0.446 e. The van der Waals surface area contributed by atoms with Crippen LogP contribution in [0.1, 0.15) is 39.2 Å². The fourth-order valence-electron chi connectivity index (χ4n) is 6.28. The molecule has 0 radical (unpaired) electrons. The minimum Gasteiger partial charge on any atom is -0.446 e. The second-order valence-corrected chi connectivity index (χ2v) is 12.6. The number of alkyl carbamates (subject to hydrolysis) is 1. The summed E-state index contributed by atoms with van der Waals surface area (Å²) in [7, 11) is 1.71. The highest BCUT2D eigenvalue weighted by molar-refractivity contribution is 5.92. The van der Waals surface area contributed by atoms with Gasteiger partial charge in [-0.3, -0.25) is 0 Å². The van der Waals surface area contributed by atoms with Gasteiger partial charge in [0.05, 0.1) is 25.3 Å². The SMILES string of the molecule is CNc1nc2cc(NC(=O)N(CCC(C)C)C[C@@H](O)[C@H](Cc3ccccc3)NC(=O)OC3C4COC(O)C(C4)C3C)ccc2o1. The Labute approximate surface area is 263 Å². The third-order valence-electron chi connectivity index (χ3n) is 8.91. The number of benzene rings is 2. The Morgan fingerprint density at radius 2 is 1.96 bits per heavy atom. The number of carbonyl (C=O) groups excluding carboxylic acids is 2. The maximum absolute atomic E-state index is 13.6. The number of nitrogens with one attached hydrogen (secondary N) is 3. The molecule has 12 nitrogen and oxygen atoms in total. The number of amides is 3. The summed E-state index contributed by atoms with van der Waals surface area (Å²) in [6.07, 6.45) is -1.21. The van der Waals surface area contributed by atoms with Gasteiger partial charge >= 0.3 is 12.1 Å². The van der Waals surface area contributed by atoms with Crippen molar-refractivity contribution >= 4 is 34.9 Å². The Morgan fingerprint density at radius 1 is 1.18 bits per heavy atom. The molecule has 1 aliphatic carbocycles. The van der Waals surface area contributed by atoms with Gasteiger partial charge in [-0.15, -0.1) is 0 Å². The molecule has 2 aromatic carbocycles. The first-order valence-electron chi connectivity index (χ1n) is 15.7. The smallest absolute Gasteiger partial charge is 0.407 e. The first kappa shape index (κ1) is 32.5. The number of urea groups is 1. The summed E-state index contributed by atoms with van der Waals surface area (Å²) < 4.78 is 16.9. The lowest BCUT2D eigenvalue weighted by atomic mass is 9.96. The van der Waals surface area contributed by atoms with E-state index in [1.165, 1.54) is 0 Å². The minimum absolute atomic E-state index is 0.00756. The standard InChI is InChI=1S/C33H45N5O7/c1-19(2)12-13-38(32(41)35-23-10-11-28-26(16-23)36-31(34-4)44-28)17-27(39)25(14-21-8-6-5-7-9-21)37-33(42)45-29-20(3)24-15-22(29)18-43-30(24)40/h5-11,16,19-20,22,24-25,27,29-30,39-40H,12-15,17-18H2,1-4H3,(H,34,36)(H,35,41)(H,37,42)/t20?,22?,24?,25-,27+,29?,30?/m0/s1. The Bertz CT molecular complexity index is 1430. The molecule has 1 aromatic heterocycles. The molecule has 2 fully saturated rings. The molecule has 1 saturated carbocycles. The number of hydrogen-bond donors (Lipinski definition) is 5. The normalized spacial score (nSPS) is 23.8. The summed E-state index contributed by atoms with van der Waals surface area (Å²) in [5.74, 6) is 0.184. The molecule has 45 heavy (non-hydrogen) atoms. The lowest BCUT2D eigenvalue weighted by Gasteiger charge is -2.31. The summed E-state index contributed by atoms with van der Waals surface area (Å²) >= 11 is 0. The monoisotopic (exact) mass is 623 g/mol. The lowest BCUT2D eigenvalue weighted by Crippen LogP contribution is -2.52. The van der Waals surface area contributed by atoms with Crippen molar-refractivity contribution in [2.75, 3.05) is 37.4 Å². The van der Waals surface area contributed by atoms with Gasteiger partial charge in [-0.1, -0.05) is 51.1 Å². The number of anilines is 2. The molecule has 12 heteroatoms. The number of hydrogen-bond acceptors (Lipinski definition) is 9. The number of nitrogens with zero attached hydrogens (tertiary/aromatic N) is 2. The van der Waals surface area contributed by atoms with E-state index in [9.17, 15) is 19.8 Å². The number of fused-ring (bicyclic) bond motifs is 3. The molecular weight excluding hydrogens is 578 g/mol. The molecule has 3 amide bonds. The van der Waals surface area contributed by atoms with E-state index in [0.29, 0.717) is 48.3 Å². The number of oxazole rings is 1. The Balaban J connectivity index is 1.29. The zero-order valence-electron chi connectivity index (χ0n) is 26.3. The van der Waals surface area contributed by atoms with E-state index in [0.717, 1.165) is 18.4 Å². The van der Waals surface area contributed by atoms with Crippen LogP contribution in [-0.4, -0.2) is 83.5 Å². The van der Waals surface area contributed by atoms with Crippen molar-refractivity contribution in [2.45, 2.75) is 64.6 Å². The summed E-state index contributed by atoms with van der Waals surface area (Å²) in [6.45, 7) is 6.82. The van der Waals surface area contributed by atoms with Crippen LogP contribution in [0.2, 0.25) is 0 Å². The van der Waals surface area contributed by atoms with Crippen LogP contribution >= 0.6 is 0 Å². The zero-order valence-corrected chi connectivity index (χ0v) is 26.3. The molecule has 1 aliphatic heterocycles. The number of aliphatic hydroxyl groups excluding tert-OH is 2. The molecule has 3 aromatic rings. The fraction of sp³-hybridized carbons (Fsp3) is 0.545. The van der Waals surface area contributed by atoms with E-state index in [-0.39, 0.29) is 30.3 Å². The third kappa shape index (κ3) is 8.05. The maximum atomic E-state index is 13.6. The molecule has 0 spiro atoms. The molecule has 244 valence electrons. The van der Waals surface area contributed by atoms with Gasteiger partial charge in [-0.05, 0) is 48.9 Å². The van der Waals surface area contributed by atoms with E-state index in [2.05, 4.69) is 34.8 Å². The van der Waals surface area contributed by atoms with E-state index in [1.807, 2.05) is 37.3 Å². The molecule has 5 N–H and O–H groups in total. The molecule has 2 bridgehead atoms. The van der Waals surface area contributed by atoms with Gasteiger partial charge in [-0.2, -0.15) is 4.98 Å². The second kappa shape index (κ2) is 14.5. The van der Waals surface area contributed by atoms with E-state index in [1.54, 1.807) is 30.1 Å². The van der Waals surface area contributed by atoms with Gasteiger partial charge in [0, 0.05) is 37.0 Å². The zero-order chi connectivity index (χ0) is 32.1. The van der Waals surface area contributed by atoms with E-state index < -0.39 is 30.6 Å². The molecule has 5 unspecified atom stereocenters. The van der Waals surface area contributed by atoms with Crippen LogP contribution in [0.5, 0.6) is 0 Å². The summed E-state index contributed by atoms with van der Waals surface area (Å²) in [5, 5.41) is 30.4. The highest BCUT2D eigenvalue weighted by atomic mass is 16.6. The van der Waals surface area contributed by atoms with E-state index in [4.69, 9.17) is 13.9 Å². The van der Waals surface area contributed by atoms with Crippen LogP contribution in [0.3, 0.4) is 0 Å². The van der Waals surface area contributed by atoms with E-state index >= 15 is 0 Å². The maximum Gasteiger partial charge on any atom is 0.407 e. The Morgan fingerprint density at radius 3 is 2.67 bits per heavy atom. The summed E-state index contributed by atoms with van der Waals surface area (Å²) in [5.41, 5.74) is 2.65. The fourth-order valence-corrected chi connectivity index (χ4v) is 6.28. The van der Waals surface area contributed by atoms with Crippen molar-refractivity contribution in [1.82, 2.24) is 15.2 Å². The Kier molecular flexibility index (Phi) is 10.5. The Hall–Kier alpha value is -3.87. The second-order valence-electron chi connectivity index (χ2n) is 12.6. The predicted molar refractivity (Wildman–Crippen MR) is 170 cm³/mol. The molecular formula is C33H45N5O7. The van der Waals surface area contributed by atoms with Crippen molar-refractivity contribution in [2.24, 2.45) is 23.7 Å². The van der Waals surface area contributed by atoms with Crippen LogP contribution in [0.25, 0.3) is 11.1 Å². The highest BCUT2D eigenvalue weighted by Gasteiger charge is 2.50.